The molecule has 0 atom stereocenters. The Kier molecular flexibility index (Phi) is 4.90. The summed E-state index contributed by atoms with van der Waals surface area (Å²) in [5.41, 5.74) is 9.80. The van der Waals surface area contributed by atoms with Crippen LogP contribution in [0.1, 0.15) is 22.3 Å². The topological polar surface area (TPSA) is 74.7 Å². The molecule has 0 amide bonds. The van der Waals surface area contributed by atoms with Gasteiger partial charge in [-0.25, -0.2) is 0 Å². The standard InChI is InChI=1S/C16H20N4O/c1-12-6-14(9-18-8-12)11-20(2)10-13-4-3-5-15(7-13)16(17)19-21/h3-9,21H,10-11H2,1-2H3,(H2,17,19). The van der Waals surface area contributed by atoms with E-state index in [9.17, 15) is 0 Å². The molecule has 5 heteroatoms. The van der Waals surface area contributed by atoms with Gasteiger partial charge in [-0.3, -0.25) is 9.88 Å². The van der Waals surface area contributed by atoms with Crippen LogP contribution in [0.25, 0.3) is 0 Å². The van der Waals surface area contributed by atoms with Gasteiger partial charge >= 0.3 is 0 Å². The lowest BCUT2D eigenvalue weighted by atomic mass is 10.1. The lowest BCUT2D eigenvalue weighted by Gasteiger charge is -2.17. The van der Waals surface area contributed by atoms with Crippen LogP contribution in [-0.2, 0) is 13.1 Å². The van der Waals surface area contributed by atoms with Gasteiger partial charge in [-0.05, 0) is 36.7 Å². The van der Waals surface area contributed by atoms with Gasteiger partial charge in [0.2, 0.25) is 0 Å². The van der Waals surface area contributed by atoms with E-state index in [1.165, 1.54) is 5.56 Å². The Morgan fingerprint density at radius 3 is 2.71 bits per heavy atom. The number of benzene rings is 1. The van der Waals surface area contributed by atoms with Crippen LogP contribution in [-0.4, -0.2) is 28.0 Å². The fraction of sp³-hybridized carbons (Fsp3) is 0.250. The lowest BCUT2D eigenvalue weighted by molar-refractivity contribution is 0.317. The Balaban J connectivity index is 2.04. The van der Waals surface area contributed by atoms with Gasteiger partial charge in [0.15, 0.2) is 5.84 Å². The number of aryl methyl sites for hydroxylation is 1. The van der Waals surface area contributed by atoms with Crippen LogP contribution in [0.5, 0.6) is 0 Å². The number of pyridine rings is 1. The van der Waals surface area contributed by atoms with Crippen LogP contribution in [0.2, 0.25) is 0 Å². The summed E-state index contributed by atoms with van der Waals surface area (Å²) in [6.07, 6.45) is 3.74. The van der Waals surface area contributed by atoms with E-state index in [1.54, 1.807) is 0 Å². The van der Waals surface area contributed by atoms with Crippen molar-refractivity contribution in [2.75, 3.05) is 7.05 Å². The number of amidine groups is 1. The second-order valence-corrected chi connectivity index (χ2v) is 5.23. The average molecular weight is 284 g/mol. The molecule has 21 heavy (non-hydrogen) atoms. The lowest BCUT2D eigenvalue weighted by Crippen LogP contribution is -2.18. The molecule has 110 valence electrons. The summed E-state index contributed by atoms with van der Waals surface area (Å²) in [7, 11) is 2.05. The Morgan fingerprint density at radius 1 is 1.24 bits per heavy atom. The number of hydrogen-bond acceptors (Lipinski definition) is 4. The predicted octanol–water partition coefficient (Wildman–Crippen LogP) is 2.12. The number of nitrogens with zero attached hydrogens (tertiary/aromatic N) is 3. The van der Waals surface area contributed by atoms with Crippen LogP contribution in [0.15, 0.2) is 47.9 Å². The van der Waals surface area contributed by atoms with E-state index in [0.29, 0.717) is 0 Å². The van der Waals surface area contributed by atoms with Gasteiger partial charge in [-0.1, -0.05) is 29.4 Å². The van der Waals surface area contributed by atoms with Gasteiger partial charge in [-0.2, -0.15) is 0 Å². The molecular weight excluding hydrogens is 264 g/mol. The third kappa shape index (κ3) is 4.29. The normalized spacial score (nSPS) is 11.9. The van der Waals surface area contributed by atoms with E-state index in [1.807, 2.05) is 43.6 Å². The Labute approximate surface area is 124 Å². The number of oxime groups is 1. The highest BCUT2D eigenvalue weighted by atomic mass is 16.4. The summed E-state index contributed by atoms with van der Waals surface area (Å²) >= 11 is 0. The molecule has 1 aromatic heterocycles. The molecule has 0 aliphatic heterocycles. The molecule has 5 nitrogen and oxygen atoms in total. The molecule has 1 aromatic carbocycles. The zero-order valence-corrected chi connectivity index (χ0v) is 12.3. The molecule has 0 unspecified atom stereocenters. The Hall–Kier alpha value is -2.40. The maximum Gasteiger partial charge on any atom is 0.170 e. The summed E-state index contributed by atoms with van der Waals surface area (Å²) in [4.78, 5) is 6.40. The Morgan fingerprint density at radius 2 is 2.00 bits per heavy atom. The van der Waals surface area contributed by atoms with Crippen molar-refractivity contribution in [3.8, 4) is 0 Å². The smallest absolute Gasteiger partial charge is 0.170 e. The van der Waals surface area contributed by atoms with Crippen LogP contribution >= 0.6 is 0 Å². The molecule has 0 fully saturated rings. The van der Waals surface area contributed by atoms with Crippen molar-refractivity contribution in [3.05, 3.63) is 65.0 Å². The van der Waals surface area contributed by atoms with Crippen molar-refractivity contribution in [1.82, 2.24) is 9.88 Å². The fourth-order valence-electron chi connectivity index (χ4n) is 2.27. The van der Waals surface area contributed by atoms with E-state index in [2.05, 4.69) is 28.2 Å². The molecule has 2 aromatic rings. The third-order valence-electron chi connectivity index (χ3n) is 3.17. The first-order valence-electron chi connectivity index (χ1n) is 6.74. The van der Waals surface area contributed by atoms with Crippen molar-refractivity contribution < 1.29 is 5.21 Å². The highest BCUT2D eigenvalue weighted by Crippen LogP contribution is 2.10. The SMILES string of the molecule is Cc1cncc(CN(C)Cc2cccc(/C(N)=N/O)c2)c1. The van der Waals surface area contributed by atoms with Crippen molar-refractivity contribution >= 4 is 5.84 Å². The van der Waals surface area contributed by atoms with Gasteiger partial charge in [0.05, 0.1) is 0 Å². The third-order valence-corrected chi connectivity index (χ3v) is 3.17. The molecule has 0 saturated carbocycles. The van der Waals surface area contributed by atoms with Crippen molar-refractivity contribution in [2.45, 2.75) is 20.0 Å². The monoisotopic (exact) mass is 284 g/mol. The quantitative estimate of drug-likeness (QED) is 0.382. The molecule has 3 N–H and O–H groups in total. The summed E-state index contributed by atoms with van der Waals surface area (Å²) < 4.78 is 0. The van der Waals surface area contributed by atoms with Crippen LogP contribution in [0.3, 0.4) is 0 Å². The van der Waals surface area contributed by atoms with Crippen LogP contribution < -0.4 is 5.73 Å². The van der Waals surface area contributed by atoms with Gasteiger partial charge in [0.1, 0.15) is 0 Å². The predicted molar refractivity (Wildman–Crippen MR) is 83.1 cm³/mol. The molecule has 2 rings (SSSR count). The molecule has 0 spiro atoms. The number of rotatable bonds is 5. The Bertz CT molecular complexity index is 640. The van der Waals surface area contributed by atoms with E-state index >= 15 is 0 Å². The highest BCUT2D eigenvalue weighted by molar-refractivity contribution is 5.97. The van der Waals surface area contributed by atoms with Gasteiger partial charge < -0.3 is 10.9 Å². The van der Waals surface area contributed by atoms with E-state index in [0.717, 1.165) is 29.8 Å². The van der Waals surface area contributed by atoms with Crippen LogP contribution in [0, 0.1) is 6.92 Å². The molecule has 0 aliphatic rings. The first-order valence-corrected chi connectivity index (χ1v) is 6.74. The first kappa shape index (κ1) is 15.0. The largest absolute Gasteiger partial charge is 0.409 e. The molecule has 1 heterocycles. The molecule has 0 radical (unpaired) electrons. The fourth-order valence-corrected chi connectivity index (χ4v) is 2.27. The van der Waals surface area contributed by atoms with Gasteiger partial charge in [0.25, 0.3) is 0 Å². The maximum absolute atomic E-state index is 8.73. The van der Waals surface area contributed by atoms with Crippen molar-refractivity contribution in [2.24, 2.45) is 10.9 Å². The highest BCUT2D eigenvalue weighted by Gasteiger charge is 2.05. The molecule has 0 aliphatic carbocycles. The minimum Gasteiger partial charge on any atom is -0.409 e. The number of hydrogen-bond donors (Lipinski definition) is 2. The van der Waals surface area contributed by atoms with Gasteiger partial charge in [0, 0.05) is 31.0 Å². The summed E-state index contributed by atoms with van der Waals surface area (Å²) in [6.45, 7) is 3.64. The average Bonchev–Trinajstić information content (AvgIpc) is 2.46. The van der Waals surface area contributed by atoms with E-state index < -0.39 is 0 Å². The summed E-state index contributed by atoms with van der Waals surface area (Å²) in [5.74, 6) is 0.127. The van der Waals surface area contributed by atoms with Gasteiger partial charge in [-0.15, -0.1) is 0 Å². The summed E-state index contributed by atoms with van der Waals surface area (Å²) in [6, 6.07) is 9.82. The summed E-state index contributed by atoms with van der Waals surface area (Å²) in [5, 5.41) is 11.8. The molecular formula is C16H20N4O. The van der Waals surface area contributed by atoms with Crippen molar-refractivity contribution in [1.29, 1.82) is 0 Å². The number of nitrogens with two attached hydrogens (primary N) is 1. The van der Waals surface area contributed by atoms with E-state index in [-0.39, 0.29) is 5.84 Å². The minimum absolute atomic E-state index is 0.127. The van der Waals surface area contributed by atoms with Crippen LogP contribution in [0.4, 0.5) is 0 Å². The van der Waals surface area contributed by atoms with Crippen molar-refractivity contribution in [3.63, 3.8) is 0 Å². The number of aromatic nitrogens is 1. The molecule has 0 bridgehead atoms. The minimum atomic E-state index is 0.127. The second-order valence-electron chi connectivity index (χ2n) is 5.23. The molecule has 0 saturated heterocycles. The first-order chi connectivity index (χ1) is 10.1. The second kappa shape index (κ2) is 6.85. The zero-order valence-electron chi connectivity index (χ0n) is 12.3. The van der Waals surface area contributed by atoms with E-state index in [4.69, 9.17) is 10.9 Å². The zero-order chi connectivity index (χ0) is 15.2. The maximum atomic E-state index is 8.73.